The zero-order valence-corrected chi connectivity index (χ0v) is 12.1. The second kappa shape index (κ2) is 5.87. The van der Waals surface area contributed by atoms with Crippen LogP contribution in [0.1, 0.15) is 13.3 Å². The number of halogens is 1. The Hall–Kier alpha value is -1.15. The van der Waals surface area contributed by atoms with Crippen LogP contribution in [0.25, 0.3) is 0 Å². The lowest BCUT2D eigenvalue weighted by Crippen LogP contribution is -2.19. The van der Waals surface area contributed by atoms with Crippen molar-refractivity contribution in [1.29, 1.82) is 0 Å². The van der Waals surface area contributed by atoms with Crippen LogP contribution in [0.5, 0.6) is 0 Å². The lowest BCUT2D eigenvalue weighted by molar-refractivity contribution is 0.585. The summed E-state index contributed by atoms with van der Waals surface area (Å²) in [6.07, 6.45) is 0.426. The first-order valence-corrected chi connectivity index (χ1v) is 9.13. The molecule has 1 rings (SSSR count). The van der Waals surface area contributed by atoms with Gasteiger partial charge in [-0.1, -0.05) is 6.92 Å². The summed E-state index contributed by atoms with van der Waals surface area (Å²) in [6.45, 7) is 1.69. The average Bonchev–Trinajstić information content (AvgIpc) is 2.25. The van der Waals surface area contributed by atoms with Crippen LogP contribution in [0.2, 0.25) is 0 Å². The number of nitrogens with two attached hydrogens (primary N) is 1. The first-order valence-electron chi connectivity index (χ1n) is 5.65. The average molecular weight is 309 g/mol. The molecule has 0 aliphatic heterocycles. The molecule has 8 heteroatoms. The molecule has 0 amide bonds. The van der Waals surface area contributed by atoms with Crippen molar-refractivity contribution in [2.24, 2.45) is 0 Å². The molecule has 108 valence electrons. The van der Waals surface area contributed by atoms with Crippen molar-refractivity contribution in [3.8, 4) is 0 Å². The quantitative estimate of drug-likeness (QED) is 0.791. The fourth-order valence-corrected chi connectivity index (χ4v) is 5.09. The second-order valence-electron chi connectivity index (χ2n) is 4.19. The van der Waals surface area contributed by atoms with Gasteiger partial charge in [-0.2, -0.15) is 0 Å². The predicted octanol–water partition coefficient (Wildman–Crippen LogP) is 1.01. The van der Waals surface area contributed by atoms with Crippen molar-refractivity contribution < 1.29 is 21.2 Å². The van der Waals surface area contributed by atoms with Gasteiger partial charge in [0.25, 0.3) is 0 Å². The van der Waals surface area contributed by atoms with Gasteiger partial charge in [0, 0.05) is 11.4 Å². The standard InChI is InChI=1S/C11H16FNO4S2/c1-2-3-18(14,15)4-5-19(16,17)11-7-9(12)6-10(13)8-11/h6-8H,2-5,13H2,1H3. The van der Waals surface area contributed by atoms with Gasteiger partial charge in [-0.25, -0.2) is 21.2 Å². The van der Waals surface area contributed by atoms with E-state index in [0.29, 0.717) is 6.42 Å². The van der Waals surface area contributed by atoms with E-state index in [1.807, 2.05) is 0 Å². The van der Waals surface area contributed by atoms with Crippen molar-refractivity contribution in [3.05, 3.63) is 24.0 Å². The highest BCUT2D eigenvalue weighted by Crippen LogP contribution is 2.17. The van der Waals surface area contributed by atoms with Gasteiger partial charge in [-0.15, -0.1) is 0 Å². The van der Waals surface area contributed by atoms with E-state index in [-0.39, 0.29) is 16.3 Å². The van der Waals surface area contributed by atoms with Crippen LogP contribution in [-0.2, 0) is 19.7 Å². The van der Waals surface area contributed by atoms with Crippen LogP contribution in [0.4, 0.5) is 10.1 Å². The number of hydrogen-bond donors (Lipinski definition) is 1. The Bertz CT molecular complexity index is 633. The van der Waals surface area contributed by atoms with Crippen LogP contribution < -0.4 is 5.73 Å². The minimum absolute atomic E-state index is 0.0185. The molecule has 0 fully saturated rings. The third-order valence-electron chi connectivity index (χ3n) is 2.43. The zero-order chi connectivity index (χ0) is 14.7. The SMILES string of the molecule is CCCS(=O)(=O)CCS(=O)(=O)c1cc(N)cc(F)c1. The van der Waals surface area contributed by atoms with Gasteiger partial charge >= 0.3 is 0 Å². The molecule has 5 nitrogen and oxygen atoms in total. The summed E-state index contributed by atoms with van der Waals surface area (Å²) in [6, 6.07) is 2.94. The van der Waals surface area contributed by atoms with Crippen molar-refractivity contribution in [2.45, 2.75) is 18.2 Å². The summed E-state index contributed by atoms with van der Waals surface area (Å²) in [5.41, 5.74) is 5.34. The first-order chi connectivity index (χ1) is 8.66. The van der Waals surface area contributed by atoms with Gasteiger partial charge < -0.3 is 5.73 Å². The highest BCUT2D eigenvalue weighted by Gasteiger charge is 2.20. The van der Waals surface area contributed by atoms with E-state index in [0.717, 1.165) is 18.2 Å². The van der Waals surface area contributed by atoms with Crippen LogP contribution >= 0.6 is 0 Å². The lowest BCUT2D eigenvalue weighted by Gasteiger charge is -2.06. The molecule has 1 aromatic rings. The summed E-state index contributed by atoms with van der Waals surface area (Å²) >= 11 is 0. The normalized spacial score (nSPS) is 12.5. The molecule has 19 heavy (non-hydrogen) atoms. The van der Waals surface area contributed by atoms with Crippen molar-refractivity contribution >= 4 is 25.4 Å². The van der Waals surface area contributed by atoms with Crippen LogP contribution in [0, 0.1) is 5.82 Å². The smallest absolute Gasteiger partial charge is 0.179 e. The van der Waals surface area contributed by atoms with E-state index in [9.17, 15) is 21.2 Å². The van der Waals surface area contributed by atoms with Crippen molar-refractivity contribution in [3.63, 3.8) is 0 Å². The molecule has 0 aliphatic rings. The second-order valence-corrected chi connectivity index (χ2v) is 8.60. The molecule has 0 atom stereocenters. The predicted molar refractivity (Wildman–Crippen MR) is 71.8 cm³/mol. The van der Waals surface area contributed by atoms with E-state index in [2.05, 4.69) is 0 Å². The summed E-state index contributed by atoms with van der Waals surface area (Å²) in [5.74, 6) is -1.87. The first kappa shape index (κ1) is 15.9. The Morgan fingerprint density at radius 2 is 1.68 bits per heavy atom. The highest BCUT2D eigenvalue weighted by molar-refractivity contribution is 7.95. The van der Waals surface area contributed by atoms with E-state index < -0.39 is 37.0 Å². The Morgan fingerprint density at radius 1 is 1.05 bits per heavy atom. The topological polar surface area (TPSA) is 94.3 Å². The number of nitrogen functional groups attached to an aromatic ring is 1. The number of sulfone groups is 2. The molecule has 0 radical (unpaired) electrons. The third-order valence-corrected chi connectivity index (χ3v) is 6.24. The number of anilines is 1. The van der Waals surface area contributed by atoms with Crippen molar-refractivity contribution in [2.75, 3.05) is 23.0 Å². The molecule has 2 N–H and O–H groups in total. The zero-order valence-electron chi connectivity index (χ0n) is 10.5. The largest absolute Gasteiger partial charge is 0.399 e. The molecule has 0 aliphatic carbocycles. The maximum absolute atomic E-state index is 13.1. The summed E-state index contributed by atoms with van der Waals surface area (Å²) in [5, 5.41) is 0. The van der Waals surface area contributed by atoms with E-state index in [1.165, 1.54) is 0 Å². The van der Waals surface area contributed by atoms with E-state index in [4.69, 9.17) is 5.73 Å². The van der Waals surface area contributed by atoms with E-state index >= 15 is 0 Å². The Balaban J connectivity index is 2.93. The molecule has 0 saturated carbocycles. The Kier molecular flexibility index (Phi) is 4.92. The molecule has 0 heterocycles. The number of hydrogen-bond acceptors (Lipinski definition) is 5. The molecule has 1 aromatic carbocycles. The summed E-state index contributed by atoms with van der Waals surface area (Å²) in [4.78, 5) is -0.295. The maximum Gasteiger partial charge on any atom is 0.179 e. The highest BCUT2D eigenvalue weighted by atomic mass is 32.2. The number of benzene rings is 1. The fraction of sp³-hybridized carbons (Fsp3) is 0.455. The van der Waals surface area contributed by atoms with Gasteiger partial charge in [0.15, 0.2) is 19.7 Å². The lowest BCUT2D eigenvalue weighted by atomic mass is 10.3. The molecule has 0 saturated heterocycles. The van der Waals surface area contributed by atoms with Gasteiger partial charge in [0.05, 0.1) is 16.4 Å². The fourth-order valence-electron chi connectivity index (χ4n) is 1.53. The van der Waals surface area contributed by atoms with Gasteiger partial charge in [0.1, 0.15) is 5.82 Å². The maximum atomic E-state index is 13.1. The van der Waals surface area contributed by atoms with Gasteiger partial charge in [-0.3, -0.25) is 0 Å². The summed E-state index contributed by atoms with van der Waals surface area (Å²) < 4.78 is 59.9. The van der Waals surface area contributed by atoms with Gasteiger partial charge in [-0.05, 0) is 24.6 Å². The monoisotopic (exact) mass is 309 g/mol. The van der Waals surface area contributed by atoms with Gasteiger partial charge in [0.2, 0.25) is 0 Å². The van der Waals surface area contributed by atoms with Crippen LogP contribution in [-0.4, -0.2) is 34.1 Å². The molecule has 0 bridgehead atoms. The molecule has 0 aromatic heterocycles. The summed E-state index contributed by atoms with van der Waals surface area (Å²) in [7, 11) is -7.25. The van der Waals surface area contributed by atoms with Crippen LogP contribution in [0.15, 0.2) is 23.1 Å². The third kappa shape index (κ3) is 4.79. The molecular weight excluding hydrogens is 293 g/mol. The molecule has 0 unspecified atom stereocenters. The minimum Gasteiger partial charge on any atom is -0.399 e. The van der Waals surface area contributed by atoms with E-state index in [1.54, 1.807) is 6.92 Å². The Morgan fingerprint density at radius 3 is 2.21 bits per heavy atom. The van der Waals surface area contributed by atoms with Crippen LogP contribution in [0.3, 0.4) is 0 Å². The van der Waals surface area contributed by atoms with Crippen molar-refractivity contribution in [1.82, 2.24) is 0 Å². The number of rotatable bonds is 6. The Labute approximate surface area is 112 Å². The molecule has 0 spiro atoms. The molecular formula is C11H16FNO4S2. The minimum atomic E-state index is -3.86.